The quantitative estimate of drug-likeness (QED) is 0.857. The molecular formula is C13H20ClN3O. The van der Waals surface area contributed by atoms with Crippen LogP contribution < -0.4 is 5.32 Å². The number of carbonyl (C=O) groups excluding carboxylic acids is 1. The Morgan fingerprint density at radius 3 is 2.72 bits per heavy atom. The molecule has 1 heterocycles. The van der Waals surface area contributed by atoms with Gasteiger partial charge >= 0.3 is 0 Å². The van der Waals surface area contributed by atoms with Crippen LogP contribution in [0.25, 0.3) is 0 Å². The van der Waals surface area contributed by atoms with E-state index in [1.165, 1.54) is 19.3 Å². The maximum Gasteiger partial charge on any atom is 0.242 e. The highest BCUT2D eigenvalue weighted by atomic mass is 35.5. The summed E-state index contributed by atoms with van der Waals surface area (Å²) in [6.45, 7) is 1.92. The highest BCUT2D eigenvalue weighted by molar-refractivity contribution is 6.30. The van der Waals surface area contributed by atoms with Crippen LogP contribution in [0.1, 0.15) is 48.7 Å². The van der Waals surface area contributed by atoms with Crippen LogP contribution >= 0.6 is 11.6 Å². The van der Waals surface area contributed by atoms with E-state index in [0.29, 0.717) is 6.04 Å². The average Bonchev–Trinajstić information content (AvgIpc) is 2.70. The molecule has 18 heavy (non-hydrogen) atoms. The molecule has 0 aliphatic heterocycles. The molecule has 1 unspecified atom stereocenters. The van der Waals surface area contributed by atoms with Crippen molar-refractivity contribution >= 4 is 17.5 Å². The number of nitrogens with one attached hydrogen (secondary N) is 1. The van der Waals surface area contributed by atoms with Crippen molar-refractivity contribution < 1.29 is 4.79 Å². The molecule has 0 aromatic carbocycles. The Labute approximate surface area is 113 Å². The van der Waals surface area contributed by atoms with Crippen LogP contribution in [0.5, 0.6) is 0 Å². The van der Waals surface area contributed by atoms with Crippen LogP contribution in [-0.4, -0.2) is 21.7 Å². The predicted molar refractivity (Wildman–Crippen MR) is 71.6 cm³/mol. The fourth-order valence-corrected chi connectivity index (χ4v) is 2.70. The van der Waals surface area contributed by atoms with Crippen molar-refractivity contribution in [1.29, 1.82) is 0 Å². The average molecular weight is 270 g/mol. The van der Waals surface area contributed by atoms with Crippen molar-refractivity contribution in [2.24, 2.45) is 7.05 Å². The summed E-state index contributed by atoms with van der Waals surface area (Å²) in [7, 11) is 1.85. The van der Waals surface area contributed by atoms with Gasteiger partial charge in [0.05, 0.1) is 6.20 Å². The van der Waals surface area contributed by atoms with Crippen molar-refractivity contribution in [2.75, 3.05) is 0 Å². The van der Waals surface area contributed by atoms with Gasteiger partial charge in [-0.15, -0.1) is 11.6 Å². The minimum Gasteiger partial charge on any atom is -0.352 e. The molecule has 1 atom stereocenters. The Balaban J connectivity index is 1.98. The first-order valence-corrected chi connectivity index (χ1v) is 6.96. The Hall–Kier alpha value is -1.03. The third-order valence-corrected chi connectivity index (χ3v) is 4.16. The molecule has 2 rings (SSSR count). The molecule has 1 aliphatic rings. The van der Waals surface area contributed by atoms with Gasteiger partial charge in [0.25, 0.3) is 0 Å². The van der Waals surface area contributed by atoms with E-state index in [4.69, 9.17) is 11.6 Å². The second-order valence-electron chi connectivity index (χ2n) is 5.02. The summed E-state index contributed by atoms with van der Waals surface area (Å²) < 4.78 is 1.73. The number of carbonyl (C=O) groups is 1. The first-order valence-electron chi connectivity index (χ1n) is 6.52. The van der Waals surface area contributed by atoms with Crippen LogP contribution in [0.2, 0.25) is 0 Å². The number of nitrogens with zero attached hydrogens (tertiary/aromatic N) is 2. The maximum absolute atomic E-state index is 12.1. The largest absolute Gasteiger partial charge is 0.352 e. The molecule has 1 aromatic heterocycles. The summed E-state index contributed by atoms with van der Waals surface area (Å²) >= 11 is 6.23. The summed E-state index contributed by atoms with van der Waals surface area (Å²) in [6, 6.07) is 0.296. The van der Waals surface area contributed by atoms with E-state index in [0.717, 1.165) is 24.1 Å². The van der Waals surface area contributed by atoms with E-state index in [-0.39, 0.29) is 5.91 Å². The van der Waals surface area contributed by atoms with E-state index in [9.17, 15) is 4.79 Å². The number of rotatable bonds is 3. The topological polar surface area (TPSA) is 46.9 Å². The fourth-order valence-electron chi connectivity index (χ4n) is 2.43. The fraction of sp³-hybridized carbons (Fsp3) is 0.692. The number of halogens is 1. The summed E-state index contributed by atoms with van der Waals surface area (Å²) in [5.41, 5.74) is 1.74. The van der Waals surface area contributed by atoms with Crippen molar-refractivity contribution in [3.63, 3.8) is 0 Å². The normalized spacial score (nSPS) is 18.6. The zero-order valence-electron chi connectivity index (χ0n) is 10.9. The summed E-state index contributed by atoms with van der Waals surface area (Å²) in [5, 5.41) is 6.53. The molecule has 1 saturated carbocycles. The van der Waals surface area contributed by atoms with Crippen LogP contribution in [0.4, 0.5) is 0 Å². The number of hydrogen-bond donors (Lipinski definition) is 1. The molecule has 1 aromatic rings. The Morgan fingerprint density at radius 2 is 2.17 bits per heavy atom. The van der Waals surface area contributed by atoms with E-state index < -0.39 is 5.38 Å². The highest BCUT2D eigenvalue weighted by Crippen LogP contribution is 2.25. The monoisotopic (exact) mass is 269 g/mol. The lowest BCUT2D eigenvalue weighted by molar-refractivity contribution is -0.121. The van der Waals surface area contributed by atoms with Gasteiger partial charge in [-0.05, 0) is 19.8 Å². The highest BCUT2D eigenvalue weighted by Gasteiger charge is 2.24. The predicted octanol–water partition coefficient (Wildman–Crippen LogP) is 2.46. The van der Waals surface area contributed by atoms with Crippen molar-refractivity contribution in [3.05, 3.63) is 17.5 Å². The van der Waals surface area contributed by atoms with Gasteiger partial charge in [-0.3, -0.25) is 9.48 Å². The first kappa shape index (κ1) is 13.4. The standard InChI is InChI=1S/C13H20ClN3O/c1-9-11(8-15-17(9)2)12(14)13(18)16-10-6-4-3-5-7-10/h8,10,12H,3-7H2,1-2H3,(H,16,18). The molecule has 5 heteroatoms. The molecule has 1 aliphatic carbocycles. The van der Waals surface area contributed by atoms with E-state index >= 15 is 0 Å². The zero-order chi connectivity index (χ0) is 13.1. The third kappa shape index (κ3) is 2.86. The van der Waals surface area contributed by atoms with Crippen molar-refractivity contribution in [1.82, 2.24) is 15.1 Å². The van der Waals surface area contributed by atoms with Crippen LogP contribution in [0, 0.1) is 6.92 Å². The van der Waals surface area contributed by atoms with E-state index in [2.05, 4.69) is 10.4 Å². The van der Waals surface area contributed by atoms with Gasteiger partial charge in [-0.25, -0.2) is 0 Å². The van der Waals surface area contributed by atoms with Gasteiger partial charge in [0.1, 0.15) is 5.38 Å². The zero-order valence-corrected chi connectivity index (χ0v) is 11.7. The number of amides is 1. The Morgan fingerprint density at radius 1 is 1.50 bits per heavy atom. The minimum absolute atomic E-state index is 0.0975. The van der Waals surface area contributed by atoms with Gasteiger partial charge < -0.3 is 5.32 Å². The lowest BCUT2D eigenvalue weighted by Gasteiger charge is -2.23. The molecule has 1 amide bonds. The molecule has 1 fully saturated rings. The van der Waals surface area contributed by atoms with Crippen LogP contribution in [0.15, 0.2) is 6.20 Å². The van der Waals surface area contributed by atoms with Gasteiger partial charge in [-0.2, -0.15) is 5.10 Å². The van der Waals surface area contributed by atoms with Gasteiger partial charge in [0, 0.05) is 24.3 Å². The van der Waals surface area contributed by atoms with Gasteiger partial charge in [0.15, 0.2) is 0 Å². The SMILES string of the molecule is Cc1c(C(Cl)C(=O)NC2CCCCC2)cnn1C. The third-order valence-electron chi connectivity index (χ3n) is 3.73. The number of hydrogen-bond acceptors (Lipinski definition) is 2. The smallest absolute Gasteiger partial charge is 0.242 e. The molecular weight excluding hydrogens is 250 g/mol. The van der Waals surface area contributed by atoms with Crippen LogP contribution in [-0.2, 0) is 11.8 Å². The van der Waals surface area contributed by atoms with E-state index in [1.54, 1.807) is 10.9 Å². The number of aryl methyl sites for hydroxylation is 1. The van der Waals surface area contributed by atoms with Crippen LogP contribution in [0.3, 0.4) is 0 Å². The van der Waals surface area contributed by atoms with Gasteiger partial charge in [0.2, 0.25) is 5.91 Å². The molecule has 4 nitrogen and oxygen atoms in total. The molecule has 0 saturated heterocycles. The molecule has 0 bridgehead atoms. The van der Waals surface area contributed by atoms with Crippen molar-refractivity contribution in [2.45, 2.75) is 50.4 Å². The summed E-state index contributed by atoms with van der Waals surface area (Å²) in [4.78, 5) is 12.1. The lowest BCUT2D eigenvalue weighted by Crippen LogP contribution is -2.38. The molecule has 100 valence electrons. The number of aromatic nitrogens is 2. The minimum atomic E-state index is -0.638. The Bertz CT molecular complexity index is 424. The molecule has 0 radical (unpaired) electrons. The van der Waals surface area contributed by atoms with Crippen molar-refractivity contribution in [3.8, 4) is 0 Å². The molecule has 0 spiro atoms. The lowest BCUT2D eigenvalue weighted by atomic mass is 9.95. The van der Waals surface area contributed by atoms with E-state index in [1.807, 2.05) is 14.0 Å². The second-order valence-corrected chi connectivity index (χ2v) is 5.45. The maximum atomic E-state index is 12.1. The second kappa shape index (κ2) is 5.74. The Kier molecular flexibility index (Phi) is 4.27. The molecule has 1 N–H and O–H groups in total. The summed E-state index contributed by atoms with van der Waals surface area (Å²) in [6.07, 6.45) is 7.49. The number of alkyl halides is 1. The first-order chi connectivity index (χ1) is 8.59. The summed E-state index contributed by atoms with van der Waals surface area (Å²) in [5.74, 6) is -0.0975. The van der Waals surface area contributed by atoms with Gasteiger partial charge in [-0.1, -0.05) is 19.3 Å².